The smallest absolute Gasteiger partial charge is 0.134 e. The van der Waals surface area contributed by atoms with Gasteiger partial charge in [-0.15, -0.1) is 0 Å². The van der Waals surface area contributed by atoms with Gasteiger partial charge in [-0.25, -0.2) is 0 Å². The number of nitrogens with zero attached hydrogens (tertiary/aromatic N) is 1. The van der Waals surface area contributed by atoms with E-state index < -0.39 is 0 Å². The van der Waals surface area contributed by atoms with Gasteiger partial charge in [0.15, 0.2) is 0 Å². The van der Waals surface area contributed by atoms with Crippen LogP contribution in [0.2, 0.25) is 0 Å². The SMILES string of the molecule is Cc1cccc(COc2ccc(CN)cc2Br)n1. The van der Waals surface area contributed by atoms with E-state index in [4.69, 9.17) is 10.5 Å². The first-order valence-corrected chi connectivity index (χ1v) is 6.52. The average Bonchev–Trinajstić information content (AvgIpc) is 2.37. The molecule has 2 N–H and O–H groups in total. The molecule has 4 heteroatoms. The fraction of sp³-hybridized carbons (Fsp3) is 0.214. The Balaban J connectivity index is 2.06. The lowest BCUT2D eigenvalue weighted by Crippen LogP contribution is -2.01. The molecule has 0 aliphatic heterocycles. The molecule has 2 aromatic rings. The van der Waals surface area contributed by atoms with Crippen LogP contribution in [0, 0.1) is 6.92 Å². The van der Waals surface area contributed by atoms with Gasteiger partial charge in [0.2, 0.25) is 0 Å². The van der Waals surface area contributed by atoms with Gasteiger partial charge in [-0.1, -0.05) is 12.1 Å². The third-order valence-corrected chi connectivity index (χ3v) is 3.17. The lowest BCUT2D eigenvalue weighted by Gasteiger charge is -2.09. The van der Waals surface area contributed by atoms with Crippen molar-refractivity contribution in [3.8, 4) is 5.75 Å². The van der Waals surface area contributed by atoms with Crippen LogP contribution >= 0.6 is 15.9 Å². The number of ether oxygens (including phenoxy) is 1. The van der Waals surface area contributed by atoms with E-state index in [0.29, 0.717) is 13.2 Å². The molecular weight excluding hydrogens is 292 g/mol. The Labute approximate surface area is 115 Å². The van der Waals surface area contributed by atoms with Crippen molar-refractivity contribution < 1.29 is 4.74 Å². The Hall–Kier alpha value is -1.39. The molecule has 0 fully saturated rings. The fourth-order valence-corrected chi connectivity index (χ4v) is 2.16. The summed E-state index contributed by atoms with van der Waals surface area (Å²) in [5.41, 5.74) is 8.57. The van der Waals surface area contributed by atoms with Crippen molar-refractivity contribution in [2.75, 3.05) is 0 Å². The lowest BCUT2D eigenvalue weighted by atomic mass is 10.2. The van der Waals surface area contributed by atoms with Crippen LogP contribution in [0.15, 0.2) is 40.9 Å². The van der Waals surface area contributed by atoms with Crippen molar-refractivity contribution in [2.45, 2.75) is 20.1 Å². The number of hydrogen-bond acceptors (Lipinski definition) is 3. The van der Waals surface area contributed by atoms with E-state index in [0.717, 1.165) is 27.2 Å². The van der Waals surface area contributed by atoms with E-state index in [-0.39, 0.29) is 0 Å². The summed E-state index contributed by atoms with van der Waals surface area (Å²) in [7, 11) is 0. The molecule has 1 aromatic heterocycles. The highest BCUT2D eigenvalue weighted by atomic mass is 79.9. The second-order valence-electron chi connectivity index (χ2n) is 4.03. The van der Waals surface area contributed by atoms with E-state index in [1.165, 1.54) is 0 Å². The van der Waals surface area contributed by atoms with E-state index in [9.17, 15) is 0 Å². The number of halogens is 1. The predicted octanol–water partition coefficient (Wildman–Crippen LogP) is 3.19. The zero-order chi connectivity index (χ0) is 13.0. The zero-order valence-corrected chi connectivity index (χ0v) is 11.8. The van der Waals surface area contributed by atoms with Gasteiger partial charge in [-0.3, -0.25) is 4.98 Å². The van der Waals surface area contributed by atoms with Crippen LogP contribution in [0.1, 0.15) is 17.0 Å². The molecule has 0 radical (unpaired) electrons. The first kappa shape index (κ1) is 13.1. The molecule has 0 atom stereocenters. The van der Waals surface area contributed by atoms with Crippen LogP contribution < -0.4 is 10.5 Å². The average molecular weight is 307 g/mol. The topological polar surface area (TPSA) is 48.1 Å². The van der Waals surface area contributed by atoms with Crippen LogP contribution in [0.5, 0.6) is 5.75 Å². The van der Waals surface area contributed by atoms with E-state index in [2.05, 4.69) is 20.9 Å². The second-order valence-corrected chi connectivity index (χ2v) is 4.88. The van der Waals surface area contributed by atoms with Crippen molar-refractivity contribution in [3.05, 3.63) is 57.8 Å². The summed E-state index contributed by atoms with van der Waals surface area (Å²) in [6.07, 6.45) is 0. The fourth-order valence-electron chi connectivity index (χ4n) is 1.62. The molecule has 0 bridgehead atoms. The van der Waals surface area contributed by atoms with Crippen molar-refractivity contribution in [1.82, 2.24) is 4.98 Å². The number of nitrogens with two attached hydrogens (primary N) is 1. The molecule has 0 aliphatic carbocycles. The maximum absolute atomic E-state index is 5.73. The van der Waals surface area contributed by atoms with E-state index in [1.807, 2.05) is 43.3 Å². The largest absolute Gasteiger partial charge is 0.486 e. The van der Waals surface area contributed by atoms with Gasteiger partial charge in [0.25, 0.3) is 0 Å². The molecule has 0 saturated heterocycles. The number of aromatic nitrogens is 1. The monoisotopic (exact) mass is 306 g/mol. The molecule has 0 aliphatic rings. The number of pyridine rings is 1. The Kier molecular flexibility index (Phi) is 4.33. The van der Waals surface area contributed by atoms with Gasteiger partial charge >= 0.3 is 0 Å². The lowest BCUT2D eigenvalue weighted by molar-refractivity contribution is 0.299. The van der Waals surface area contributed by atoms with Crippen LogP contribution in [0.25, 0.3) is 0 Å². The van der Waals surface area contributed by atoms with Gasteiger partial charge in [-0.2, -0.15) is 0 Å². The summed E-state index contributed by atoms with van der Waals surface area (Å²) in [6.45, 7) is 2.95. The number of hydrogen-bond donors (Lipinski definition) is 1. The molecular formula is C14H15BrN2O. The van der Waals surface area contributed by atoms with E-state index in [1.54, 1.807) is 0 Å². The summed E-state index contributed by atoms with van der Waals surface area (Å²) in [6, 6.07) is 11.8. The molecule has 0 spiro atoms. The van der Waals surface area contributed by atoms with Gasteiger partial charge in [-0.05, 0) is 52.7 Å². The first-order chi connectivity index (χ1) is 8.69. The normalized spacial score (nSPS) is 10.4. The Morgan fingerprint density at radius 1 is 1.28 bits per heavy atom. The number of benzene rings is 1. The van der Waals surface area contributed by atoms with E-state index >= 15 is 0 Å². The minimum absolute atomic E-state index is 0.461. The van der Waals surface area contributed by atoms with Crippen molar-refractivity contribution in [2.24, 2.45) is 5.73 Å². The highest BCUT2D eigenvalue weighted by Crippen LogP contribution is 2.26. The minimum atomic E-state index is 0.461. The third kappa shape index (κ3) is 3.31. The van der Waals surface area contributed by atoms with Crippen LogP contribution in [0.4, 0.5) is 0 Å². The van der Waals surface area contributed by atoms with Crippen molar-refractivity contribution >= 4 is 15.9 Å². The summed E-state index contributed by atoms with van der Waals surface area (Å²) in [5, 5.41) is 0. The molecule has 94 valence electrons. The summed E-state index contributed by atoms with van der Waals surface area (Å²) in [5.74, 6) is 0.801. The van der Waals surface area contributed by atoms with Crippen LogP contribution in [0.3, 0.4) is 0 Å². The Morgan fingerprint density at radius 3 is 2.78 bits per heavy atom. The van der Waals surface area contributed by atoms with Crippen LogP contribution in [-0.4, -0.2) is 4.98 Å². The second kappa shape index (κ2) is 5.98. The molecule has 2 rings (SSSR count). The van der Waals surface area contributed by atoms with Gasteiger partial charge in [0, 0.05) is 12.2 Å². The number of aryl methyl sites for hydroxylation is 1. The Bertz CT molecular complexity index is 543. The standard InChI is InChI=1S/C14H15BrN2O/c1-10-3-2-4-12(17-10)9-18-14-6-5-11(8-16)7-13(14)15/h2-7H,8-9,16H2,1H3. The molecule has 1 aromatic carbocycles. The molecule has 0 unspecified atom stereocenters. The van der Waals surface area contributed by atoms with Crippen LogP contribution in [-0.2, 0) is 13.2 Å². The number of rotatable bonds is 4. The maximum atomic E-state index is 5.73. The highest BCUT2D eigenvalue weighted by Gasteiger charge is 2.03. The molecule has 18 heavy (non-hydrogen) atoms. The predicted molar refractivity (Wildman–Crippen MR) is 75.3 cm³/mol. The zero-order valence-electron chi connectivity index (χ0n) is 10.2. The Morgan fingerprint density at radius 2 is 2.11 bits per heavy atom. The molecule has 1 heterocycles. The molecule has 0 amide bonds. The quantitative estimate of drug-likeness (QED) is 0.943. The maximum Gasteiger partial charge on any atom is 0.134 e. The first-order valence-electron chi connectivity index (χ1n) is 5.73. The van der Waals surface area contributed by atoms with Gasteiger partial charge in [0.1, 0.15) is 12.4 Å². The highest BCUT2D eigenvalue weighted by molar-refractivity contribution is 9.10. The minimum Gasteiger partial charge on any atom is -0.486 e. The van der Waals surface area contributed by atoms with Crippen molar-refractivity contribution in [3.63, 3.8) is 0 Å². The summed E-state index contributed by atoms with van der Waals surface area (Å²) < 4.78 is 6.64. The van der Waals surface area contributed by atoms with Gasteiger partial charge in [0.05, 0.1) is 10.2 Å². The molecule has 3 nitrogen and oxygen atoms in total. The summed E-state index contributed by atoms with van der Waals surface area (Å²) >= 11 is 3.47. The van der Waals surface area contributed by atoms with Crippen molar-refractivity contribution in [1.29, 1.82) is 0 Å². The third-order valence-electron chi connectivity index (χ3n) is 2.55. The van der Waals surface area contributed by atoms with Gasteiger partial charge < -0.3 is 10.5 Å². The summed E-state index contributed by atoms with van der Waals surface area (Å²) in [4.78, 5) is 4.39. The molecule has 0 saturated carbocycles.